The second-order valence-corrected chi connectivity index (χ2v) is 10.8. The van der Waals surface area contributed by atoms with E-state index in [9.17, 15) is 14.4 Å². The summed E-state index contributed by atoms with van der Waals surface area (Å²) in [6.45, 7) is 7.44. The number of carbonyl (C=O) groups excluding carboxylic acids is 3. The SMILES string of the molecule is CC(=O)N1c2ccc(-c3ccc(C(=O)NC4C[C@H]5CC[C@@H](C4)N5)cc3)cc2N(C(=O)OC(C)C)C[C@@H]1C. The number of nitrogens with zero attached hydrogens (tertiary/aromatic N) is 2. The van der Waals surface area contributed by atoms with Gasteiger partial charge in [0.05, 0.1) is 23.5 Å². The molecule has 4 atom stereocenters. The van der Waals surface area contributed by atoms with Crippen LogP contribution in [0.15, 0.2) is 42.5 Å². The second kappa shape index (κ2) is 10.2. The number of anilines is 2. The van der Waals surface area contributed by atoms with Gasteiger partial charge in [-0.1, -0.05) is 18.2 Å². The number of hydrogen-bond acceptors (Lipinski definition) is 5. The summed E-state index contributed by atoms with van der Waals surface area (Å²) in [6, 6.07) is 14.4. The van der Waals surface area contributed by atoms with Crippen molar-refractivity contribution >= 4 is 29.3 Å². The van der Waals surface area contributed by atoms with Gasteiger partial charge in [0.15, 0.2) is 0 Å². The minimum atomic E-state index is -0.429. The maximum absolute atomic E-state index is 12.9. The molecule has 5 rings (SSSR count). The predicted molar refractivity (Wildman–Crippen MR) is 144 cm³/mol. The molecule has 1 unspecified atom stereocenters. The fraction of sp³-hybridized carbons (Fsp3) is 0.483. The number of fused-ring (bicyclic) bond motifs is 3. The molecular weight excluding hydrogens is 468 g/mol. The van der Waals surface area contributed by atoms with Crippen molar-refractivity contribution in [1.82, 2.24) is 10.6 Å². The molecular formula is C29H36N4O4. The topological polar surface area (TPSA) is 91.0 Å². The zero-order valence-electron chi connectivity index (χ0n) is 22.0. The first kappa shape index (κ1) is 25.3. The van der Waals surface area contributed by atoms with E-state index in [4.69, 9.17) is 4.74 Å². The number of nitrogens with one attached hydrogen (secondary N) is 2. The Labute approximate surface area is 218 Å². The Morgan fingerprint density at radius 1 is 0.973 bits per heavy atom. The van der Waals surface area contributed by atoms with Crippen LogP contribution in [0.5, 0.6) is 0 Å². The number of benzene rings is 2. The van der Waals surface area contributed by atoms with Crippen LogP contribution in [0.3, 0.4) is 0 Å². The van der Waals surface area contributed by atoms with Crippen molar-refractivity contribution in [3.63, 3.8) is 0 Å². The van der Waals surface area contributed by atoms with E-state index in [1.54, 1.807) is 9.80 Å². The van der Waals surface area contributed by atoms with Gasteiger partial charge in [0.1, 0.15) is 0 Å². The van der Waals surface area contributed by atoms with E-state index < -0.39 is 6.09 Å². The summed E-state index contributed by atoms with van der Waals surface area (Å²) in [7, 11) is 0. The van der Waals surface area contributed by atoms with Crippen molar-refractivity contribution in [1.29, 1.82) is 0 Å². The van der Waals surface area contributed by atoms with Gasteiger partial charge in [-0.15, -0.1) is 0 Å². The Morgan fingerprint density at radius 3 is 2.24 bits per heavy atom. The van der Waals surface area contributed by atoms with E-state index in [2.05, 4.69) is 10.6 Å². The Bertz CT molecular complexity index is 1180. The van der Waals surface area contributed by atoms with Crippen molar-refractivity contribution in [2.75, 3.05) is 16.3 Å². The quantitative estimate of drug-likeness (QED) is 0.641. The highest BCUT2D eigenvalue weighted by atomic mass is 16.6. The van der Waals surface area contributed by atoms with Crippen molar-refractivity contribution in [2.24, 2.45) is 0 Å². The molecule has 8 nitrogen and oxygen atoms in total. The smallest absolute Gasteiger partial charge is 0.414 e. The molecule has 3 aliphatic rings. The monoisotopic (exact) mass is 504 g/mol. The van der Waals surface area contributed by atoms with Crippen LogP contribution in [0.1, 0.15) is 63.7 Å². The van der Waals surface area contributed by atoms with Crippen LogP contribution in [0.4, 0.5) is 16.2 Å². The van der Waals surface area contributed by atoms with Gasteiger partial charge < -0.3 is 20.3 Å². The highest BCUT2D eigenvalue weighted by molar-refractivity contribution is 6.03. The van der Waals surface area contributed by atoms with Gasteiger partial charge in [-0.25, -0.2) is 4.79 Å². The molecule has 2 fully saturated rings. The zero-order valence-corrected chi connectivity index (χ0v) is 22.0. The molecule has 8 heteroatoms. The van der Waals surface area contributed by atoms with E-state index in [0.29, 0.717) is 35.6 Å². The summed E-state index contributed by atoms with van der Waals surface area (Å²) in [5.41, 5.74) is 3.76. The van der Waals surface area contributed by atoms with Crippen molar-refractivity contribution in [3.05, 3.63) is 48.0 Å². The number of hydrogen-bond donors (Lipinski definition) is 2. The standard InChI is InChI=1S/C29H36N4O4/c1-17(2)37-29(36)32-16-18(3)33(19(4)34)26-12-9-22(13-27(26)32)20-5-7-21(8-6-20)28(35)31-25-14-23-10-11-24(15-25)30-23/h5-9,12-13,17-18,23-25,30H,10-11,14-16H2,1-4H3,(H,31,35)/t18-,23-,24+,25?/m0/s1. The highest BCUT2D eigenvalue weighted by Crippen LogP contribution is 2.39. The molecule has 2 bridgehead atoms. The predicted octanol–water partition coefficient (Wildman–Crippen LogP) is 4.47. The summed E-state index contributed by atoms with van der Waals surface area (Å²) in [4.78, 5) is 41.6. The third kappa shape index (κ3) is 5.21. The second-order valence-electron chi connectivity index (χ2n) is 10.8. The number of piperidine rings is 1. The molecule has 0 spiro atoms. The Morgan fingerprint density at radius 2 is 1.62 bits per heavy atom. The molecule has 0 radical (unpaired) electrons. The van der Waals surface area contributed by atoms with Crippen LogP contribution in [-0.2, 0) is 9.53 Å². The molecule has 0 aliphatic carbocycles. The number of ether oxygens (including phenoxy) is 1. The molecule has 3 heterocycles. The lowest BCUT2D eigenvalue weighted by Crippen LogP contribution is -2.51. The Hall–Kier alpha value is -3.39. The van der Waals surface area contributed by atoms with Crippen molar-refractivity contribution in [3.8, 4) is 11.1 Å². The van der Waals surface area contributed by atoms with Gasteiger partial charge in [0.2, 0.25) is 5.91 Å². The summed E-state index contributed by atoms with van der Waals surface area (Å²) in [6.07, 6.45) is 3.69. The number of carbonyl (C=O) groups is 3. The Kier molecular flexibility index (Phi) is 6.94. The molecule has 196 valence electrons. The summed E-state index contributed by atoms with van der Waals surface area (Å²) in [5, 5.41) is 6.82. The minimum absolute atomic E-state index is 0.0445. The molecule has 0 saturated carbocycles. The molecule has 2 saturated heterocycles. The summed E-state index contributed by atoms with van der Waals surface area (Å²) >= 11 is 0. The lowest BCUT2D eigenvalue weighted by atomic mass is 9.98. The van der Waals surface area contributed by atoms with E-state index >= 15 is 0 Å². The van der Waals surface area contributed by atoms with Crippen molar-refractivity contribution in [2.45, 2.75) is 83.6 Å². The van der Waals surface area contributed by atoms with Crippen LogP contribution in [0.2, 0.25) is 0 Å². The first-order valence-corrected chi connectivity index (χ1v) is 13.3. The maximum Gasteiger partial charge on any atom is 0.414 e. The van der Waals surface area contributed by atoms with E-state index in [-0.39, 0.29) is 30.0 Å². The number of amides is 3. The largest absolute Gasteiger partial charge is 0.446 e. The Balaban J connectivity index is 1.37. The molecule has 3 amide bonds. The van der Waals surface area contributed by atoms with Gasteiger partial charge in [0, 0.05) is 37.2 Å². The molecule has 3 aliphatic heterocycles. The normalized spacial score (nSPS) is 24.6. The highest BCUT2D eigenvalue weighted by Gasteiger charge is 2.35. The van der Waals surface area contributed by atoms with E-state index in [1.165, 1.54) is 19.8 Å². The third-order valence-electron chi connectivity index (χ3n) is 7.60. The average Bonchev–Trinajstić information content (AvgIpc) is 3.20. The molecule has 0 aromatic heterocycles. The number of rotatable bonds is 4. The molecule has 37 heavy (non-hydrogen) atoms. The fourth-order valence-corrected chi connectivity index (χ4v) is 5.98. The fourth-order valence-electron chi connectivity index (χ4n) is 5.98. The van der Waals surface area contributed by atoms with Gasteiger partial charge in [-0.3, -0.25) is 14.5 Å². The van der Waals surface area contributed by atoms with Crippen molar-refractivity contribution < 1.29 is 19.1 Å². The van der Waals surface area contributed by atoms with Crippen LogP contribution >= 0.6 is 0 Å². The van der Waals surface area contributed by atoms with Crippen LogP contribution in [0, 0.1) is 0 Å². The van der Waals surface area contributed by atoms with Gasteiger partial charge in [0.25, 0.3) is 5.91 Å². The van der Waals surface area contributed by atoms with E-state index in [1.807, 2.05) is 63.2 Å². The average molecular weight is 505 g/mol. The first-order valence-electron chi connectivity index (χ1n) is 13.3. The van der Waals surface area contributed by atoms with Gasteiger partial charge in [-0.2, -0.15) is 0 Å². The molecule has 2 aromatic rings. The molecule has 2 N–H and O–H groups in total. The summed E-state index contributed by atoms with van der Waals surface area (Å²) in [5.74, 6) is -0.118. The molecule has 2 aromatic carbocycles. The maximum atomic E-state index is 12.9. The van der Waals surface area contributed by atoms with Crippen LogP contribution < -0.4 is 20.4 Å². The van der Waals surface area contributed by atoms with Gasteiger partial charge >= 0.3 is 6.09 Å². The lowest BCUT2D eigenvalue weighted by Gasteiger charge is -2.40. The van der Waals surface area contributed by atoms with Gasteiger partial charge in [-0.05, 0) is 81.8 Å². The van der Waals surface area contributed by atoms with Crippen LogP contribution in [-0.4, -0.2) is 54.7 Å². The van der Waals surface area contributed by atoms with E-state index in [0.717, 1.165) is 24.0 Å². The summed E-state index contributed by atoms with van der Waals surface area (Å²) < 4.78 is 5.49. The van der Waals surface area contributed by atoms with Crippen LogP contribution in [0.25, 0.3) is 11.1 Å². The first-order chi connectivity index (χ1) is 17.7. The third-order valence-corrected chi connectivity index (χ3v) is 7.60. The minimum Gasteiger partial charge on any atom is -0.446 e. The zero-order chi connectivity index (χ0) is 26.3. The lowest BCUT2D eigenvalue weighted by molar-refractivity contribution is -0.117.